The van der Waals surface area contributed by atoms with Crippen LogP contribution in [0.5, 0.6) is 11.5 Å². The van der Waals surface area contributed by atoms with Crippen molar-refractivity contribution in [1.82, 2.24) is 29.4 Å². The maximum Gasteiger partial charge on any atom is 0.277 e. The summed E-state index contributed by atoms with van der Waals surface area (Å²) >= 11 is 2.74. The van der Waals surface area contributed by atoms with Crippen molar-refractivity contribution in [2.45, 2.75) is 11.0 Å². The maximum absolute atomic E-state index is 12.5. The Morgan fingerprint density at radius 3 is 2.61 bits per heavy atom. The Labute approximate surface area is 183 Å². The average molecular weight is 457 g/mol. The molecule has 31 heavy (non-hydrogen) atoms. The summed E-state index contributed by atoms with van der Waals surface area (Å²) in [6, 6.07) is 7.26. The Hall–Kier alpha value is -3.38. The van der Waals surface area contributed by atoms with Gasteiger partial charge < -0.3 is 13.9 Å². The van der Waals surface area contributed by atoms with Crippen molar-refractivity contribution in [3.05, 3.63) is 45.8 Å². The number of thiophene rings is 1. The summed E-state index contributed by atoms with van der Waals surface area (Å²) in [6.07, 6.45) is 0. The first-order chi connectivity index (χ1) is 15.1. The quantitative estimate of drug-likeness (QED) is 0.356. The minimum Gasteiger partial charge on any atom is -0.497 e. The molecule has 0 saturated heterocycles. The third-order valence-electron chi connectivity index (χ3n) is 4.73. The second kappa shape index (κ2) is 7.71. The van der Waals surface area contributed by atoms with Crippen LogP contribution in [-0.2, 0) is 12.8 Å². The van der Waals surface area contributed by atoms with Gasteiger partial charge in [0, 0.05) is 18.7 Å². The van der Waals surface area contributed by atoms with Gasteiger partial charge in [0.15, 0.2) is 0 Å². The molecule has 158 valence electrons. The molecule has 0 amide bonds. The van der Waals surface area contributed by atoms with Crippen LogP contribution in [0.1, 0.15) is 5.82 Å². The fourth-order valence-corrected chi connectivity index (χ4v) is 4.71. The lowest BCUT2D eigenvalue weighted by Gasteiger charge is -2.05. The minimum atomic E-state index is -0.0839. The van der Waals surface area contributed by atoms with Crippen LogP contribution in [-0.4, -0.2) is 43.6 Å². The van der Waals surface area contributed by atoms with Crippen molar-refractivity contribution in [1.29, 1.82) is 0 Å². The van der Waals surface area contributed by atoms with E-state index in [4.69, 9.17) is 13.9 Å². The highest BCUT2D eigenvalue weighted by Gasteiger charge is 2.17. The van der Waals surface area contributed by atoms with Gasteiger partial charge in [-0.1, -0.05) is 11.8 Å². The summed E-state index contributed by atoms with van der Waals surface area (Å²) in [7, 11) is 4.85. The van der Waals surface area contributed by atoms with Gasteiger partial charge in [-0.05, 0) is 23.6 Å². The molecule has 0 radical (unpaired) electrons. The summed E-state index contributed by atoms with van der Waals surface area (Å²) in [5, 5.41) is 19.0. The van der Waals surface area contributed by atoms with Gasteiger partial charge in [0.25, 0.3) is 10.8 Å². The first-order valence-electron chi connectivity index (χ1n) is 9.09. The molecule has 12 heteroatoms. The van der Waals surface area contributed by atoms with Crippen LogP contribution in [0.25, 0.3) is 27.4 Å². The number of methoxy groups -OCH3 is 2. The number of benzene rings is 1. The number of hydrogen-bond acceptors (Lipinski definition) is 10. The third kappa shape index (κ3) is 3.33. The number of nitrogens with zero attached hydrogens (tertiary/aromatic N) is 6. The lowest BCUT2D eigenvalue weighted by Crippen LogP contribution is -2.19. The zero-order valence-electron chi connectivity index (χ0n) is 16.7. The first-order valence-corrected chi connectivity index (χ1v) is 11.0. The van der Waals surface area contributed by atoms with Crippen LogP contribution in [0.3, 0.4) is 0 Å². The molecule has 10 nitrogen and oxygen atoms in total. The van der Waals surface area contributed by atoms with Crippen LogP contribution in [0.2, 0.25) is 0 Å². The van der Waals surface area contributed by atoms with E-state index in [0.29, 0.717) is 50.2 Å². The highest BCUT2D eigenvalue weighted by atomic mass is 32.2. The molecule has 0 aliphatic rings. The SMILES string of the molecule is COc1cc(OC)cc(-c2nnc(SCc3nnc4n(C)c(=O)c5sccc5n34)o2)c1. The van der Waals surface area contributed by atoms with E-state index in [1.54, 1.807) is 39.5 Å². The van der Waals surface area contributed by atoms with Crippen LogP contribution >= 0.6 is 23.1 Å². The maximum atomic E-state index is 12.5. The molecule has 0 fully saturated rings. The van der Waals surface area contributed by atoms with Crippen molar-refractivity contribution in [2.24, 2.45) is 7.05 Å². The summed E-state index contributed by atoms with van der Waals surface area (Å²) in [4.78, 5) is 12.5. The van der Waals surface area contributed by atoms with Crippen molar-refractivity contribution in [2.75, 3.05) is 14.2 Å². The molecule has 5 rings (SSSR count). The van der Waals surface area contributed by atoms with Crippen LogP contribution in [0, 0.1) is 0 Å². The predicted octanol–water partition coefficient (Wildman–Crippen LogP) is 3.00. The lowest BCUT2D eigenvalue weighted by atomic mass is 10.2. The van der Waals surface area contributed by atoms with E-state index in [0.717, 1.165) is 5.52 Å². The molecule has 0 atom stereocenters. The highest BCUT2D eigenvalue weighted by Crippen LogP contribution is 2.31. The number of fused-ring (bicyclic) bond motifs is 3. The van der Waals surface area contributed by atoms with Gasteiger partial charge in [0.2, 0.25) is 11.7 Å². The smallest absolute Gasteiger partial charge is 0.277 e. The summed E-state index contributed by atoms with van der Waals surface area (Å²) in [6.45, 7) is 0. The number of aryl methyl sites for hydroxylation is 1. The molecule has 0 spiro atoms. The molecule has 4 aromatic heterocycles. The fraction of sp³-hybridized carbons (Fsp3) is 0.211. The molecule has 0 aliphatic heterocycles. The molecule has 1 aromatic carbocycles. The van der Waals surface area contributed by atoms with E-state index < -0.39 is 0 Å². The van der Waals surface area contributed by atoms with E-state index in [9.17, 15) is 4.79 Å². The normalized spacial score (nSPS) is 11.5. The van der Waals surface area contributed by atoms with Crippen molar-refractivity contribution >= 4 is 39.1 Å². The Morgan fingerprint density at radius 2 is 1.87 bits per heavy atom. The number of rotatable bonds is 6. The number of aromatic nitrogens is 6. The fourth-order valence-electron chi connectivity index (χ4n) is 3.19. The monoisotopic (exact) mass is 456 g/mol. The number of hydrogen-bond donors (Lipinski definition) is 0. The Kier molecular flexibility index (Phi) is 4.87. The zero-order valence-corrected chi connectivity index (χ0v) is 18.4. The van der Waals surface area contributed by atoms with E-state index in [2.05, 4.69) is 20.4 Å². The first kappa shape index (κ1) is 19.6. The van der Waals surface area contributed by atoms with Gasteiger partial charge in [0.05, 0.1) is 25.5 Å². The Bertz CT molecular complexity index is 1450. The Balaban J connectivity index is 1.44. The van der Waals surface area contributed by atoms with Crippen LogP contribution < -0.4 is 15.0 Å². The van der Waals surface area contributed by atoms with Gasteiger partial charge in [-0.15, -0.1) is 31.7 Å². The van der Waals surface area contributed by atoms with Gasteiger partial charge in [-0.2, -0.15) is 0 Å². The molecule has 0 saturated carbocycles. The van der Waals surface area contributed by atoms with Gasteiger partial charge in [-0.25, -0.2) is 0 Å². The van der Waals surface area contributed by atoms with Gasteiger partial charge in [-0.3, -0.25) is 13.8 Å². The second-order valence-corrected chi connectivity index (χ2v) is 8.36. The standard InChI is InChI=1S/C19H16N6O4S2/c1-24-17(26)15-13(4-5-30-15)25-14(20-22-18(24)25)9-31-19-23-21-16(29-19)10-6-11(27-2)8-12(7-10)28-3/h4-8H,9H2,1-3H3. The molecule has 4 heterocycles. The lowest BCUT2D eigenvalue weighted by molar-refractivity contribution is 0.394. The Morgan fingerprint density at radius 1 is 1.10 bits per heavy atom. The average Bonchev–Trinajstić information content (AvgIpc) is 3.54. The molecule has 0 aliphatic carbocycles. The van der Waals surface area contributed by atoms with E-state index in [-0.39, 0.29) is 5.56 Å². The summed E-state index contributed by atoms with van der Waals surface area (Å²) in [5.74, 6) is 3.22. The highest BCUT2D eigenvalue weighted by molar-refractivity contribution is 7.98. The van der Waals surface area contributed by atoms with E-state index in [1.807, 2.05) is 15.8 Å². The number of thioether (sulfide) groups is 1. The molecule has 5 aromatic rings. The summed E-state index contributed by atoms with van der Waals surface area (Å²) in [5.41, 5.74) is 1.40. The second-order valence-electron chi connectivity index (χ2n) is 6.51. The van der Waals surface area contributed by atoms with Crippen LogP contribution in [0.15, 0.2) is 44.1 Å². The summed E-state index contributed by atoms with van der Waals surface area (Å²) < 4.78 is 20.4. The molecule has 0 unspecified atom stereocenters. The van der Waals surface area contributed by atoms with Crippen molar-refractivity contribution in [3.63, 3.8) is 0 Å². The van der Waals surface area contributed by atoms with Gasteiger partial charge in [0.1, 0.15) is 22.0 Å². The molecule has 0 N–H and O–H groups in total. The third-order valence-corrected chi connectivity index (χ3v) is 6.43. The minimum absolute atomic E-state index is 0.0839. The molecule has 0 bridgehead atoms. The molecular formula is C19H16N6O4S2. The largest absolute Gasteiger partial charge is 0.497 e. The van der Waals surface area contributed by atoms with Crippen molar-refractivity contribution < 1.29 is 13.9 Å². The van der Waals surface area contributed by atoms with Crippen molar-refractivity contribution in [3.8, 4) is 23.0 Å². The van der Waals surface area contributed by atoms with E-state index in [1.165, 1.54) is 27.7 Å². The topological polar surface area (TPSA) is 110 Å². The van der Waals surface area contributed by atoms with E-state index >= 15 is 0 Å². The zero-order chi connectivity index (χ0) is 21.5. The van der Waals surface area contributed by atoms with Gasteiger partial charge >= 0.3 is 0 Å². The predicted molar refractivity (Wildman–Crippen MR) is 116 cm³/mol. The van der Waals surface area contributed by atoms with Crippen LogP contribution in [0.4, 0.5) is 0 Å². The molecular weight excluding hydrogens is 440 g/mol. The number of ether oxygens (including phenoxy) is 2.